The van der Waals surface area contributed by atoms with Crippen LogP contribution in [0.5, 0.6) is 0 Å². The highest BCUT2D eigenvalue weighted by Gasteiger charge is 2.13. The van der Waals surface area contributed by atoms with Crippen molar-refractivity contribution in [3.8, 4) is 0 Å². The number of hydrogen-bond donors (Lipinski definition) is 0. The van der Waals surface area contributed by atoms with Gasteiger partial charge in [0.25, 0.3) is 0 Å². The Bertz CT molecular complexity index is 546. The predicted octanol–water partition coefficient (Wildman–Crippen LogP) is 6.09. The normalized spacial score (nSPS) is 12.7. The largest absolute Gasteiger partial charge is 0.129 e. The van der Waals surface area contributed by atoms with Gasteiger partial charge in [0, 0.05) is 4.90 Å². The monoisotopic (exact) mass is 348 g/mol. The van der Waals surface area contributed by atoms with Crippen molar-refractivity contribution >= 4 is 27.7 Å². The van der Waals surface area contributed by atoms with Crippen LogP contribution in [0.2, 0.25) is 0 Å². The Hall–Kier alpha value is -0.730. The van der Waals surface area contributed by atoms with E-state index in [9.17, 15) is 0 Å². The fourth-order valence-electron chi connectivity index (χ4n) is 2.35. The number of benzene rings is 2. The number of alkyl halides is 1. The van der Waals surface area contributed by atoms with Crippen molar-refractivity contribution in [1.82, 2.24) is 0 Å². The molecule has 0 spiro atoms. The summed E-state index contributed by atoms with van der Waals surface area (Å²) in [4.78, 5) is 1.60. The fraction of sp³-hybridized carbons (Fsp3) is 0.333. The maximum Gasteiger partial charge on any atom is 0.0655 e. The molecular formula is C18H21BrS. The molecule has 1 unspecified atom stereocenters. The van der Waals surface area contributed by atoms with Gasteiger partial charge < -0.3 is 0 Å². The van der Waals surface area contributed by atoms with Crippen LogP contribution in [-0.2, 0) is 6.42 Å². The molecule has 0 aromatic heterocycles. The Kier molecular flexibility index (Phi) is 5.74. The van der Waals surface area contributed by atoms with E-state index in [4.69, 9.17) is 0 Å². The van der Waals surface area contributed by atoms with E-state index in [0.29, 0.717) is 5.92 Å². The summed E-state index contributed by atoms with van der Waals surface area (Å²) >= 11 is 5.65. The number of thioether (sulfide) groups is 1. The van der Waals surface area contributed by atoms with Gasteiger partial charge in [0.05, 0.1) is 4.83 Å². The highest BCUT2D eigenvalue weighted by atomic mass is 79.9. The molecule has 0 nitrogen and oxygen atoms in total. The van der Waals surface area contributed by atoms with E-state index in [1.807, 2.05) is 0 Å². The molecular weight excluding hydrogens is 328 g/mol. The van der Waals surface area contributed by atoms with Crippen molar-refractivity contribution in [2.24, 2.45) is 5.92 Å². The molecule has 0 heterocycles. The molecule has 0 aliphatic carbocycles. The van der Waals surface area contributed by atoms with E-state index in [1.54, 1.807) is 11.8 Å². The van der Waals surface area contributed by atoms with Crippen molar-refractivity contribution in [2.75, 3.05) is 6.26 Å². The van der Waals surface area contributed by atoms with Gasteiger partial charge in [-0.15, -0.1) is 11.8 Å². The molecule has 0 saturated carbocycles. The minimum atomic E-state index is 0.263. The zero-order chi connectivity index (χ0) is 14.5. The molecule has 106 valence electrons. The van der Waals surface area contributed by atoms with Crippen LogP contribution >= 0.6 is 27.7 Å². The summed E-state index contributed by atoms with van der Waals surface area (Å²) in [6, 6.07) is 17.6. The van der Waals surface area contributed by atoms with Gasteiger partial charge in [-0.1, -0.05) is 72.2 Å². The molecule has 0 aliphatic rings. The molecule has 0 N–H and O–H groups in total. The molecule has 2 aromatic carbocycles. The molecule has 1 atom stereocenters. The summed E-state index contributed by atoms with van der Waals surface area (Å²) in [6.07, 6.45) is 3.28. The molecule has 0 amide bonds. The van der Waals surface area contributed by atoms with Crippen LogP contribution in [0.4, 0.5) is 0 Å². The number of halogens is 1. The maximum atomic E-state index is 3.85. The average molecular weight is 349 g/mol. The van der Waals surface area contributed by atoms with Gasteiger partial charge in [-0.25, -0.2) is 0 Å². The van der Waals surface area contributed by atoms with Crippen molar-refractivity contribution in [3.63, 3.8) is 0 Å². The van der Waals surface area contributed by atoms with Gasteiger partial charge >= 0.3 is 0 Å². The minimum Gasteiger partial charge on any atom is -0.129 e. The molecule has 0 saturated heterocycles. The first-order chi connectivity index (χ1) is 9.61. The Balaban J connectivity index is 2.22. The second-order valence-corrected chi connectivity index (χ2v) is 7.21. The lowest BCUT2D eigenvalue weighted by atomic mass is 9.99. The Morgan fingerprint density at radius 3 is 2.25 bits per heavy atom. The summed E-state index contributed by atoms with van der Waals surface area (Å²) in [6.45, 7) is 4.52. The van der Waals surface area contributed by atoms with E-state index in [2.05, 4.69) is 84.6 Å². The van der Waals surface area contributed by atoms with Gasteiger partial charge in [-0.3, -0.25) is 0 Å². The van der Waals surface area contributed by atoms with Crippen LogP contribution < -0.4 is 0 Å². The third-order valence-corrected chi connectivity index (χ3v) is 5.16. The minimum absolute atomic E-state index is 0.263. The van der Waals surface area contributed by atoms with Crippen molar-refractivity contribution in [2.45, 2.75) is 30.0 Å². The molecule has 0 radical (unpaired) electrons. The lowest BCUT2D eigenvalue weighted by molar-refractivity contribution is 0.647. The highest BCUT2D eigenvalue weighted by molar-refractivity contribution is 9.09. The third-order valence-electron chi connectivity index (χ3n) is 3.33. The maximum absolute atomic E-state index is 3.85. The Morgan fingerprint density at radius 1 is 1.00 bits per heavy atom. The van der Waals surface area contributed by atoms with Gasteiger partial charge in [0.15, 0.2) is 0 Å². The zero-order valence-electron chi connectivity index (χ0n) is 12.3. The Labute approximate surface area is 135 Å². The molecule has 2 rings (SSSR count). The second-order valence-electron chi connectivity index (χ2n) is 5.44. The molecule has 0 aliphatic heterocycles. The smallest absolute Gasteiger partial charge is 0.0655 e. The van der Waals surface area contributed by atoms with Crippen LogP contribution in [0.1, 0.15) is 35.4 Å². The zero-order valence-corrected chi connectivity index (χ0v) is 14.7. The third kappa shape index (κ3) is 3.89. The highest BCUT2D eigenvalue weighted by Crippen LogP contribution is 2.36. The van der Waals surface area contributed by atoms with Crippen LogP contribution in [0.15, 0.2) is 53.4 Å². The first kappa shape index (κ1) is 15.7. The van der Waals surface area contributed by atoms with E-state index in [1.165, 1.54) is 21.6 Å². The molecule has 0 fully saturated rings. The molecule has 0 bridgehead atoms. The standard InChI is InChI=1S/C18H21BrS/c1-13(2)12-14-8-10-15(11-9-14)18(19)16-6-4-5-7-17(16)20-3/h4-11,13,18H,12H2,1-3H3. The van der Waals surface area contributed by atoms with Crippen LogP contribution in [0.25, 0.3) is 0 Å². The average Bonchev–Trinajstić information content (AvgIpc) is 2.46. The van der Waals surface area contributed by atoms with Crippen molar-refractivity contribution in [3.05, 3.63) is 65.2 Å². The van der Waals surface area contributed by atoms with Gasteiger partial charge in [-0.05, 0) is 41.4 Å². The van der Waals surface area contributed by atoms with Gasteiger partial charge in [-0.2, -0.15) is 0 Å². The SMILES string of the molecule is CSc1ccccc1C(Br)c1ccc(CC(C)C)cc1. The first-order valence-electron chi connectivity index (χ1n) is 6.97. The first-order valence-corrected chi connectivity index (χ1v) is 9.11. The van der Waals surface area contributed by atoms with Crippen LogP contribution in [0.3, 0.4) is 0 Å². The van der Waals surface area contributed by atoms with Crippen LogP contribution in [0, 0.1) is 5.92 Å². The van der Waals surface area contributed by atoms with E-state index >= 15 is 0 Å². The van der Waals surface area contributed by atoms with E-state index in [-0.39, 0.29) is 4.83 Å². The quantitative estimate of drug-likeness (QED) is 0.465. The van der Waals surface area contributed by atoms with Crippen molar-refractivity contribution < 1.29 is 0 Å². The van der Waals surface area contributed by atoms with Crippen molar-refractivity contribution in [1.29, 1.82) is 0 Å². The summed E-state index contributed by atoms with van der Waals surface area (Å²) in [5, 5.41) is 0. The summed E-state index contributed by atoms with van der Waals surface area (Å²) < 4.78 is 0. The molecule has 2 aromatic rings. The predicted molar refractivity (Wildman–Crippen MR) is 94.0 cm³/mol. The summed E-state index contributed by atoms with van der Waals surface area (Å²) in [5.41, 5.74) is 4.08. The molecule has 2 heteroatoms. The molecule has 20 heavy (non-hydrogen) atoms. The van der Waals surface area contributed by atoms with Crippen LogP contribution in [-0.4, -0.2) is 6.26 Å². The van der Waals surface area contributed by atoms with Gasteiger partial charge in [0.2, 0.25) is 0 Å². The Morgan fingerprint density at radius 2 is 1.65 bits per heavy atom. The topological polar surface area (TPSA) is 0 Å². The summed E-state index contributed by atoms with van der Waals surface area (Å²) in [5.74, 6) is 0.706. The lowest BCUT2D eigenvalue weighted by Gasteiger charge is -2.15. The van der Waals surface area contributed by atoms with E-state index < -0.39 is 0 Å². The number of rotatable bonds is 5. The van der Waals surface area contributed by atoms with Gasteiger partial charge in [0.1, 0.15) is 0 Å². The second kappa shape index (κ2) is 7.33. The lowest BCUT2D eigenvalue weighted by Crippen LogP contribution is -1.97. The summed E-state index contributed by atoms with van der Waals surface area (Å²) in [7, 11) is 0. The fourth-order valence-corrected chi connectivity index (χ4v) is 3.84. The van der Waals surface area contributed by atoms with E-state index in [0.717, 1.165) is 6.42 Å². The number of hydrogen-bond acceptors (Lipinski definition) is 1.